The molecule has 2 heterocycles. The number of carbonyl (C=O) groups excluding carboxylic acids is 1. The molecule has 0 atom stereocenters. The number of amides is 1. The van der Waals surface area contributed by atoms with Crippen molar-refractivity contribution in [3.05, 3.63) is 69.4 Å². The van der Waals surface area contributed by atoms with Gasteiger partial charge in [-0.05, 0) is 54.8 Å². The number of nitrogens with zero attached hydrogens (tertiary/aromatic N) is 3. The lowest BCUT2D eigenvalue weighted by atomic mass is 9.99. The molecule has 8 heteroatoms. The average molecular weight is 403 g/mol. The van der Waals surface area contributed by atoms with Gasteiger partial charge in [-0.1, -0.05) is 22.2 Å². The molecule has 1 aromatic heterocycles. The summed E-state index contributed by atoms with van der Waals surface area (Å²) in [6.45, 7) is 1.47. The van der Waals surface area contributed by atoms with Crippen LogP contribution in [0.3, 0.4) is 0 Å². The van der Waals surface area contributed by atoms with Crippen LogP contribution in [0.25, 0.3) is 0 Å². The zero-order valence-electron chi connectivity index (χ0n) is 14.3. The first kappa shape index (κ1) is 17.9. The van der Waals surface area contributed by atoms with Gasteiger partial charge >= 0.3 is 0 Å². The molecule has 4 rings (SSSR count). The lowest BCUT2D eigenvalue weighted by Gasteiger charge is -2.32. The number of hydrogen-bond acceptors (Lipinski definition) is 5. The van der Waals surface area contributed by atoms with Crippen molar-refractivity contribution in [3.8, 4) is 0 Å². The molecule has 0 spiro atoms. The van der Waals surface area contributed by atoms with Gasteiger partial charge in [0.05, 0.1) is 6.54 Å². The monoisotopic (exact) mass is 402 g/mol. The standard InChI is InChI=1S/C19H16ClFN4OS/c20-18-16(23-24-27-18)11-25-10-2-3-14-15(4-1-5-17(14)25)22-19(26)12-6-8-13(21)9-7-12/h1,4-9H,2-3,10-11H2,(H,22,26). The molecular weight excluding hydrogens is 387 g/mol. The molecule has 27 heavy (non-hydrogen) atoms. The van der Waals surface area contributed by atoms with Crippen LogP contribution >= 0.6 is 23.1 Å². The van der Waals surface area contributed by atoms with Gasteiger partial charge in [0.15, 0.2) is 0 Å². The first-order valence-corrected chi connectivity index (χ1v) is 9.67. The van der Waals surface area contributed by atoms with Crippen LogP contribution in [0.5, 0.6) is 0 Å². The smallest absolute Gasteiger partial charge is 0.255 e. The quantitative estimate of drug-likeness (QED) is 0.696. The fourth-order valence-electron chi connectivity index (χ4n) is 3.25. The molecule has 0 radical (unpaired) electrons. The van der Waals surface area contributed by atoms with E-state index in [4.69, 9.17) is 11.6 Å². The molecule has 0 aliphatic carbocycles. The molecular formula is C19H16ClFN4OS. The summed E-state index contributed by atoms with van der Waals surface area (Å²) in [5.74, 6) is -0.623. The Labute approximate surface area is 164 Å². The van der Waals surface area contributed by atoms with Crippen LogP contribution in [0.1, 0.15) is 28.0 Å². The number of anilines is 2. The second kappa shape index (κ2) is 7.62. The van der Waals surface area contributed by atoms with E-state index in [1.165, 1.54) is 35.8 Å². The van der Waals surface area contributed by atoms with Crippen molar-refractivity contribution in [1.29, 1.82) is 0 Å². The number of aromatic nitrogens is 2. The zero-order chi connectivity index (χ0) is 18.8. The molecule has 2 aromatic carbocycles. The normalized spacial score (nSPS) is 13.3. The molecule has 5 nitrogen and oxygen atoms in total. The predicted molar refractivity (Wildman–Crippen MR) is 105 cm³/mol. The third kappa shape index (κ3) is 3.79. The van der Waals surface area contributed by atoms with E-state index in [2.05, 4.69) is 19.8 Å². The Bertz CT molecular complexity index is 976. The molecule has 0 fully saturated rings. The Morgan fingerprint density at radius 2 is 2.07 bits per heavy atom. The fourth-order valence-corrected chi connectivity index (χ4v) is 3.86. The molecule has 1 aliphatic heterocycles. The third-order valence-corrected chi connectivity index (χ3v) is 5.54. The van der Waals surface area contributed by atoms with E-state index in [0.29, 0.717) is 16.4 Å². The molecule has 1 amide bonds. The van der Waals surface area contributed by atoms with E-state index >= 15 is 0 Å². The molecule has 0 unspecified atom stereocenters. The number of halogens is 2. The highest BCUT2D eigenvalue weighted by Crippen LogP contribution is 2.34. The summed E-state index contributed by atoms with van der Waals surface area (Å²) in [5.41, 5.74) is 4.09. The van der Waals surface area contributed by atoms with E-state index in [1.54, 1.807) is 0 Å². The van der Waals surface area contributed by atoms with Crippen molar-refractivity contribution in [2.45, 2.75) is 19.4 Å². The largest absolute Gasteiger partial charge is 0.365 e. The lowest BCUT2D eigenvalue weighted by molar-refractivity contribution is 0.102. The number of benzene rings is 2. The summed E-state index contributed by atoms with van der Waals surface area (Å²) < 4.78 is 17.6. The van der Waals surface area contributed by atoms with Gasteiger partial charge in [-0.15, -0.1) is 5.10 Å². The third-order valence-electron chi connectivity index (χ3n) is 4.55. The minimum atomic E-state index is -0.366. The van der Waals surface area contributed by atoms with Crippen molar-refractivity contribution >= 4 is 40.4 Å². The van der Waals surface area contributed by atoms with Gasteiger partial charge in [0.1, 0.15) is 15.8 Å². The Morgan fingerprint density at radius 3 is 2.81 bits per heavy atom. The maximum atomic E-state index is 13.1. The topological polar surface area (TPSA) is 58.1 Å². The highest BCUT2D eigenvalue weighted by molar-refractivity contribution is 7.10. The number of rotatable bonds is 4. The first-order chi connectivity index (χ1) is 13.1. The summed E-state index contributed by atoms with van der Waals surface area (Å²) in [4.78, 5) is 14.7. The summed E-state index contributed by atoms with van der Waals surface area (Å²) >= 11 is 7.33. The van der Waals surface area contributed by atoms with E-state index in [0.717, 1.165) is 42.0 Å². The van der Waals surface area contributed by atoms with Crippen LogP contribution in [0.15, 0.2) is 42.5 Å². The van der Waals surface area contributed by atoms with Crippen molar-refractivity contribution < 1.29 is 9.18 Å². The second-order valence-corrected chi connectivity index (χ2v) is 7.64. The van der Waals surface area contributed by atoms with E-state index in [9.17, 15) is 9.18 Å². The Morgan fingerprint density at radius 1 is 1.26 bits per heavy atom. The SMILES string of the molecule is O=C(Nc1cccc2c1CCCN2Cc1nnsc1Cl)c1ccc(F)cc1. The van der Waals surface area contributed by atoms with Gasteiger partial charge in [-0.25, -0.2) is 4.39 Å². The molecule has 3 aromatic rings. The lowest BCUT2D eigenvalue weighted by Crippen LogP contribution is -2.30. The molecule has 138 valence electrons. The number of hydrogen-bond donors (Lipinski definition) is 1. The fraction of sp³-hybridized carbons (Fsp3) is 0.211. The van der Waals surface area contributed by atoms with Gasteiger partial charge in [-0.2, -0.15) is 0 Å². The Balaban J connectivity index is 1.59. The van der Waals surface area contributed by atoms with Crippen LogP contribution in [-0.4, -0.2) is 22.0 Å². The van der Waals surface area contributed by atoms with Crippen LogP contribution in [-0.2, 0) is 13.0 Å². The average Bonchev–Trinajstić information content (AvgIpc) is 3.07. The summed E-state index contributed by atoms with van der Waals surface area (Å²) in [7, 11) is 0. The minimum absolute atomic E-state index is 0.257. The maximum absolute atomic E-state index is 13.1. The highest BCUT2D eigenvalue weighted by Gasteiger charge is 2.22. The van der Waals surface area contributed by atoms with Crippen molar-refractivity contribution in [1.82, 2.24) is 9.59 Å². The minimum Gasteiger partial charge on any atom is -0.365 e. The second-order valence-electron chi connectivity index (χ2n) is 6.28. The summed E-state index contributed by atoms with van der Waals surface area (Å²) in [6, 6.07) is 11.4. The van der Waals surface area contributed by atoms with Crippen LogP contribution in [0, 0.1) is 5.82 Å². The van der Waals surface area contributed by atoms with Crippen molar-refractivity contribution in [3.63, 3.8) is 0 Å². The van der Waals surface area contributed by atoms with Gasteiger partial charge in [0, 0.05) is 35.0 Å². The Kier molecular flexibility index (Phi) is 5.05. The van der Waals surface area contributed by atoms with Gasteiger partial charge in [0.25, 0.3) is 5.91 Å². The maximum Gasteiger partial charge on any atom is 0.255 e. The molecule has 0 bridgehead atoms. The summed E-state index contributed by atoms with van der Waals surface area (Å²) in [6.07, 6.45) is 1.83. The molecule has 1 N–H and O–H groups in total. The van der Waals surface area contributed by atoms with Gasteiger partial charge in [0.2, 0.25) is 0 Å². The van der Waals surface area contributed by atoms with E-state index in [1.807, 2.05) is 18.2 Å². The van der Waals surface area contributed by atoms with Gasteiger partial charge in [-0.3, -0.25) is 4.79 Å². The summed E-state index contributed by atoms with van der Waals surface area (Å²) in [5, 5.41) is 7.05. The number of nitrogens with one attached hydrogen (secondary N) is 1. The molecule has 0 saturated heterocycles. The predicted octanol–water partition coefficient (Wildman–Crippen LogP) is 4.54. The van der Waals surface area contributed by atoms with Crippen molar-refractivity contribution in [2.24, 2.45) is 0 Å². The zero-order valence-corrected chi connectivity index (χ0v) is 15.9. The molecule has 0 saturated carbocycles. The van der Waals surface area contributed by atoms with Crippen LogP contribution < -0.4 is 10.2 Å². The van der Waals surface area contributed by atoms with E-state index in [-0.39, 0.29) is 11.7 Å². The van der Waals surface area contributed by atoms with Crippen LogP contribution in [0.4, 0.5) is 15.8 Å². The molecule has 1 aliphatic rings. The number of fused-ring (bicyclic) bond motifs is 1. The van der Waals surface area contributed by atoms with Crippen molar-refractivity contribution in [2.75, 3.05) is 16.8 Å². The first-order valence-electron chi connectivity index (χ1n) is 8.52. The van der Waals surface area contributed by atoms with E-state index < -0.39 is 0 Å². The van der Waals surface area contributed by atoms with Gasteiger partial charge < -0.3 is 10.2 Å². The Hall–Kier alpha value is -2.51. The highest BCUT2D eigenvalue weighted by atomic mass is 35.5. The number of carbonyl (C=O) groups is 1. The van der Waals surface area contributed by atoms with Crippen LogP contribution in [0.2, 0.25) is 4.34 Å².